The van der Waals surface area contributed by atoms with Gasteiger partial charge in [-0.15, -0.1) is 0 Å². The molecule has 0 aromatic heterocycles. The van der Waals surface area contributed by atoms with E-state index in [2.05, 4.69) is 10.0 Å². The van der Waals surface area contributed by atoms with Crippen LogP contribution in [0.25, 0.3) is 10.4 Å². The van der Waals surface area contributed by atoms with Crippen molar-refractivity contribution in [3.05, 3.63) is 10.4 Å². The Morgan fingerprint density at radius 3 is 2.76 bits per heavy atom. The highest BCUT2D eigenvalue weighted by atomic mass is 16.8. The van der Waals surface area contributed by atoms with Gasteiger partial charge >= 0.3 is 0 Å². The van der Waals surface area contributed by atoms with Gasteiger partial charge in [0.25, 0.3) is 0 Å². The Kier molecular flexibility index (Phi) is 3.26. The van der Waals surface area contributed by atoms with Gasteiger partial charge in [0.05, 0.1) is 12.6 Å². The lowest BCUT2D eigenvalue weighted by Gasteiger charge is -2.25. The molecule has 96 valence electrons. The molecule has 0 radical (unpaired) electrons. The van der Waals surface area contributed by atoms with Gasteiger partial charge in [-0.1, -0.05) is 5.11 Å². The molecule has 2 N–H and O–H groups in total. The Balaban J connectivity index is 2.00. The summed E-state index contributed by atoms with van der Waals surface area (Å²) < 4.78 is 16.2. The second-order valence-electron chi connectivity index (χ2n) is 4.54. The Morgan fingerprint density at radius 2 is 2.18 bits per heavy atom. The molecule has 2 aliphatic heterocycles. The quantitative estimate of drug-likeness (QED) is 0.409. The number of hydrogen-bond acceptors (Lipinski definition) is 6. The fourth-order valence-corrected chi connectivity index (χ4v) is 2.06. The molecule has 0 amide bonds. The Morgan fingerprint density at radius 1 is 1.47 bits per heavy atom. The number of azide groups is 1. The molecule has 0 aliphatic carbocycles. The molecule has 8 nitrogen and oxygen atoms in total. The zero-order valence-electron chi connectivity index (χ0n) is 9.55. The zero-order valence-corrected chi connectivity index (χ0v) is 9.55. The van der Waals surface area contributed by atoms with Crippen molar-refractivity contribution in [1.82, 2.24) is 0 Å². The monoisotopic (exact) mass is 245 g/mol. The first kappa shape index (κ1) is 12.6. The van der Waals surface area contributed by atoms with E-state index >= 15 is 0 Å². The molecule has 0 bridgehead atoms. The van der Waals surface area contributed by atoms with Gasteiger partial charge in [-0.25, -0.2) is 0 Å². The van der Waals surface area contributed by atoms with Crippen LogP contribution < -0.4 is 0 Å². The predicted molar refractivity (Wildman–Crippen MR) is 54.7 cm³/mol. The van der Waals surface area contributed by atoms with E-state index in [4.69, 9.17) is 19.7 Å². The van der Waals surface area contributed by atoms with Gasteiger partial charge in [-0.3, -0.25) is 0 Å². The number of hydrogen-bond donors (Lipinski definition) is 2. The molecule has 3 unspecified atom stereocenters. The average Bonchev–Trinajstić information content (AvgIpc) is 2.70. The van der Waals surface area contributed by atoms with Crippen molar-refractivity contribution in [1.29, 1.82) is 0 Å². The maximum atomic E-state index is 9.94. The third-order valence-electron chi connectivity index (χ3n) is 2.76. The molecule has 2 aliphatic rings. The lowest BCUT2D eigenvalue weighted by Crippen LogP contribution is -2.42. The molecular weight excluding hydrogens is 230 g/mol. The number of rotatable bonds is 3. The summed E-state index contributed by atoms with van der Waals surface area (Å²) in [5.41, 5.74) is 8.15. The molecule has 0 aromatic carbocycles. The summed E-state index contributed by atoms with van der Waals surface area (Å²) in [4.78, 5) is 2.53. The second kappa shape index (κ2) is 4.41. The number of ether oxygens (including phenoxy) is 3. The fraction of sp³-hybridized carbons (Fsp3) is 1.00. The summed E-state index contributed by atoms with van der Waals surface area (Å²) in [5, 5.41) is 22.8. The van der Waals surface area contributed by atoms with Crippen molar-refractivity contribution in [2.75, 3.05) is 6.54 Å². The second-order valence-corrected chi connectivity index (χ2v) is 4.54. The largest absolute Gasteiger partial charge is 0.390 e. The maximum absolute atomic E-state index is 9.94. The van der Waals surface area contributed by atoms with Gasteiger partial charge in [0.2, 0.25) is 0 Å². The van der Waals surface area contributed by atoms with Crippen LogP contribution in [-0.2, 0) is 14.2 Å². The van der Waals surface area contributed by atoms with Crippen LogP contribution in [0, 0.1) is 0 Å². The third kappa shape index (κ3) is 2.37. The predicted octanol–water partition coefficient (Wildman–Crippen LogP) is -0.105. The molecule has 2 fully saturated rings. The van der Waals surface area contributed by atoms with Gasteiger partial charge in [-0.05, 0) is 19.4 Å². The standard InChI is InChI=1S/C9H15N3O5/c1-9(2)16-7-5(14)6(15-8(7)17-9)4(13)3-11-12-10/h4-8,13-14H,3H2,1-2H3/t4?,5?,6-,7?,8+/m1/s1. The van der Waals surface area contributed by atoms with Crippen molar-refractivity contribution >= 4 is 0 Å². The van der Waals surface area contributed by atoms with Crippen molar-refractivity contribution in [2.45, 2.75) is 50.3 Å². The van der Waals surface area contributed by atoms with E-state index in [-0.39, 0.29) is 6.54 Å². The van der Waals surface area contributed by atoms with Gasteiger partial charge in [0.1, 0.15) is 18.3 Å². The van der Waals surface area contributed by atoms with Gasteiger partial charge < -0.3 is 24.4 Å². The van der Waals surface area contributed by atoms with E-state index in [1.165, 1.54) is 0 Å². The van der Waals surface area contributed by atoms with E-state index in [0.29, 0.717) is 0 Å². The van der Waals surface area contributed by atoms with Crippen LogP contribution in [0.15, 0.2) is 5.11 Å². The van der Waals surface area contributed by atoms with Gasteiger partial charge in [0.15, 0.2) is 12.1 Å². The molecule has 2 saturated heterocycles. The van der Waals surface area contributed by atoms with E-state index in [1.54, 1.807) is 13.8 Å². The van der Waals surface area contributed by atoms with Crippen LogP contribution in [0.4, 0.5) is 0 Å². The lowest BCUT2D eigenvalue weighted by molar-refractivity contribution is -0.224. The van der Waals surface area contributed by atoms with Crippen LogP contribution in [-0.4, -0.2) is 53.3 Å². The molecule has 17 heavy (non-hydrogen) atoms. The van der Waals surface area contributed by atoms with Crippen molar-refractivity contribution in [3.8, 4) is 0 Å². The smallest absolute Gasteiger partial charge is 0.190 e. The summed E-state index contributed by atoms with van der Waals surface area (Å²) in [6.45, 7) is 3.26. The molecule has 5 atom stereocenters. The highest BCUT2D eigenvalue weighted by Crippen LogP contribution is 2.38. The van der Waals surface area contributed by atoms with Crippen molar-refractivity contribution < 1.29 is 24.4 Å². The van der Waals surface area contributed by atoms with E-state index in [1.807, 2.05) is 0 Å². The third-order valence-corrected chi connectivity index (χ3v) is 2.76. The van der Waals surface area contributed by atoms with Crippen molar-refractivity contribution in [2.24, 2.45) is 5.11 Å². The molecule has 2 heterocycles. The molecular formula is C9H15N3O5. The van der Waals surface area contributed by atoms with Gasteiger partial charge in [0, 0.05) is 4.91 Å². The summed E-state index contributed by atoms with van der Waals surface area (Å²) in [7, 11) is 0. The Labute approximate surface area is 97.7 Å². The first-order chi connectivity index (χ1) is 7.94. The molecule has 2 rings (SSSR count). The number of aliphatic hydroxyl groups is 2. The van der Waals surface area contributed by atoms with Crippen LogP contribution in [0.2, 0.25) is 0 Å². The first-order valence-electron chi connectivity index (χ1n) is 5.33. The molecule has 0 aromatic rings. The minimum absolute atomic E-state index is 0.166. The van der Waals surface area contributed by atoms with Crippen LogP contribution in [0.5, 0.6) is 0 Å². The summed E-state index contributed by atoms with van der Waals surface area (Å²) in [6, 6.07) is 0. The number of nitrogens with zero attached hydrogens (tertiary/aromatic N) is 3. The molecule has 0 spiro atoms. The molecule has 0 saturated carbocycles. The number of aliphatic hydroxyl groups excluding tert-OH is 2. The highest BCUT2D eigenvalue weighted by Gasteiger charge is 2.55. The first-order valence-corrected chi connectivity index (χ1v) is 5.33. The van der Waals surface area contributed by atoms with Crippen LogP contribution in [0.3, 0.4) is 0 Å². The summed E-state index contributed by atoms with van der Waals surface area (Å²) >= 11 is 0. The Hall–Kier alpha value is -0.890. The maximum Gasteiger partial charge on any atom is 0.190 e. The SMILES string of the molecule is CC1(C)OC2C(O)[C@@H](C(O)CN=[N+]=[N-])O[C@H]2O1. The fourth-order valence-electron chi connectivity index (χ4n) is 2.06. The minimum Gasteiger partial charge on any atom is -0.390 e. The van der Waals surface area contributed by atoms with E-state index in [9.17, 15) is 10.2 Å². The molecule has 8 heteroatoms. The lowest BCUT2D eigenvalue weighted by atomic mass is 10.1. The normalized spacial score (nSPS) is 40.7. The summed E-state index contributed by atoms with van der Waals surface area (Å²) in [6.07, 6.45) is -4.29. The highest BCUT2D eigenvalue weighted by molar-refractivity contribution is 4.96. The summed E-state index contributed by atoms with van der Waals surface area (Å²) in [5.74, 6) is -0.808. The number of fused-ring (bicyclic) bond motifs is 1. The average molecular weight is 245 g/mol. The van der Waals surface area contributed by atoms with E-state index in [0.717, 1.165) is 0 Å². The van der Waals surface area contributed by atoms with Gasteiger partial charge in [-0.2, -0.15) is 0 Å². The van der Waals surface area contributed by atoms with E-state index < -0.39 is 36.5 Å². The topological polar surface area (TPSA) is 117 Å². The van der Waals surface area contributed by atoms with Crippen molar-refractivity contribution in [3.63, 3.8) is 0 Å². The van der Waals surface area contributed by atoms with Crippen LogP contribution >= 0.6 is 0 Å². The van der Waals surface area contributed by atoms with Crippen LogP contribution in [0.1, 0.15) is 13.8 Å². The Bertz CT molecular complexity index is 344. The zero-order chi connectivity index (χ0) is 12.6. The minimum atomic E-state index is -1.08.